The molecule has 1 aliphatic rings. The molecule has 5 atom stereocenters. The first-order valence-corrected chi connectivity index (χ1v) is 6.99. The largest absolute Gasteiger partial charge is 0.394 e. The minimum Gasteiger partial charge on any atom is -0.394 e. The summed E-state index contributed by atoms with van der Waals surface area (Å²) in [5.41, 5.74) is 0. The molecule has 0 radical (unpaired) electrons. The second-order valence-electron chi connectivity index (χ2n) is 4.41. The van der Waals surface area contributed by atoms with E-state index in [1.54, 1.807) is 0 Å². The van der Waals surface area contributed by atoms with Crippen molar-refractivity contribution in [1.82, 2.24) is 0 Å². The predicted octanol–water partition coefficient (Wildman–Crippen LogP) is -1.16. The van der Waals surface area contributed by atoms with Gasteiger partial charge < -0.3 is 39.4 Å². The highest BCUT2D eigenvalue weighted by Crippen LogP contribution is 2.21. The zero-order valence-electron chi connectivity index (χ0n) is 13.0. The van der Waals surface area contributed by atoms with Crippen molar-refractivity contribution in [2.24, 2.45) is 0 Å². The van der Waals surface area contributed by atoms with Crippen LogP contribution in [0.3, 0.4) is 0 Å². The Morgan fingerprint density at radius 3 is 1.90 bits per heavy atom. The molecular weight excluding hydrogens is 284 g/mol. The van der Waals surface area contributed by atoms with Crippen molar-refractivity contribution in [2.75, 3.05) is 26.9 Å². The highest BCUT2D eigenvalue weighted by molar-refractivity contribution is 4.88. The number of ether oxygens (including phenoxy) is 4. The van der Waals surface area contributed by atoms with Gasteiger partial charge in [0.15, 0.2) is 12.6 Å². The molecule has 8 nitrogen and oxygen atoms in total. The van der Waals surface area contributed by atoms with Gasteiger partial charge in [0.2, 0.25) is 0 Å². The van der Waals surface area contributed by atoms with Gasteiger partial charge in [-0.2, -0.15) is 0 Å². The van der Waals surface area contributed by atoms with E-state index in [0.717, 1.165) is 13.2 Å². The number of aliphatic hydroxyl groups is 4. The van der Waals surface area contributed by atoms with E-state index in [4.69, 9.17) is 24.1 Å². The van der Waals surface area contributed by atoms with Crippen LogP contribution < -0.4 is 0 Å². The van der Waals surface area contributed by atoms with Crippen LogP contribution in [0.5, 0.6) is 0 Å². The van der Waals surface area contributed by atoms with Gasteiger partial charge in [0, 0.05) is 20.3 Å². The molecule has 1 rings (SSSR count). The second-order valence-corrected chi connectivity index (χ2v) is 4.41. The Kier molecular flexibility index (Phi) is 11.1. The normalized spacial score (nSPS) is 32.7. The van der Waals surface area contributed by atoms with Crippen LogP contribution in [0.15, 0.2) is 0 Å². The van der Waals surface area contributed by atoms with Gasteiger partial charge in [0.1, 0.15) is 24.4 Å². The first kappa shape index (κ1) is 20.7. The lowest BCUT2D eigenvalue weighted by molar-refractivity contribution is -0.294. The van der Waals surface area contributed by atoms with E-state index in [9.17, 15) is 15.3 Å². The van der Waals surface area contributed by atoms with Gasteiger partial charge in [-0.15, -0.1) is 0 Å². The average molecular weight is 312 g/mol. The van der Waals surface area contributed by atoms with Crippen LogP contribution in [0.25, 0.3) is 0 Å². The number of rotatable bonds is 6. The van der Waals surface area contributed by atoms with E-state index in [0.29, 0.717) is 0 Å². The van der Waals surface area contributed by atoms with E-state index in [1.165, 1.54) is 7.11 Å². The van der Waals surface area contributed by atoms with E-state index in [1.807, 2.05) is 20.8 Å². The molecule has 21 heavy (non-hydrogen) atoms. The summed E-state index contributed by atoms with van der Waals surface area (Å²) < 4.78 is 19.8. The van der Waals surface area contributed by atoms with Crippen LogP contribution in [-0.4, -0.2) is 84.4 Å². The Hall–Kier alpha value is -0.320. The molecule has 0 amide bonds. The van der Waals surface area contributed by atoms with Gasteiger partial charge in [-0.1, -0.05) is 0 Å². The van der Waals surface area contributed by atoms with E-state index in [-0.39, 0.29) is 6.29 Å². The van der Waals surface area contributed by atoms with E-state index >= 15 is 0 Å². The van der Waals surface area contributed by atoms with Crippen molar-refractivity contribution in [2.45, 2.75) is 57.8 Å². The van der Waals surface area contributed by atoms with Gasteiger partial charge >= 0.3 is 0 Å². The third-order valence-electron chi connectivity index (χ3n) is 2.88. The van der Waals surface area contributed by atoms with Gasteiger partial charge in [-0.25, -0.2) is 0 Å². The molecular formula is C13H28O8. The summed E-state index contributed by atoms with van der Waals surface area (Å²) >= 11 is 0. The molecule has 0 aromatic rings. The number of aliphatic hydroxyl groups excluding tert-OH is 4. The topological polar surface area (TPSA) is 118 Å². The molecule has 0 spiro atoms. The summed E-state index contributed by atoms with van der Waals surface area (Å²) in [7, 11) is 1.30. The molecule has 1 aliphatic heterocycles. The Labute approximate surface area is 125 Å². The van der Waals surface area contributed by atoms with Gasteiger partial charge in [-0.3, -0.25) is 0 Å². The predicted molar refractivity (Wildman–Crippen MR) is 73.5 cm³/mol. The standard InChI is InChI=1S/C7H14O6.C6H14O2/c1-12-7-6(11)5(10)4(9)3(2-8)13-7;1-4-7-6(3)8-5-2/h3-11H,2H2,1H3;6H,4-5H2,1-3H3/t3-,4-,5+,6-,7?;/m1./s1. The van der Waals surface area contributed by atoms with Crippen molar-refractivity contribution in [3.8, 4) is 0 Å². The SMILES string of the molecule is CCOC(C)OCC.COC1O[C@H](CO)[C@@H](O)[C@H](O)[C@H]1O. The van der Waals surface area contributed by atoms with Crippen molar-refractivity contribution in [3.63, 3.8) is 0 Å². The fraction of sp³-hybridized carbons (Fsp3) is 1.00. The molecule has 0 aromatic heterocycles. The third-order valence-corrected chi connectivity index (χ3v) is 2.88. The molecule has 1 fully saturated rings. The van der Waals surface area contributed by atoms with Crippen LogP contribution in [-0.2, 0) is 18.9 Å². The summed E-state index contributed by atoms with van der Waals surface area (Å²) in [4.78, 5) is 0. The number of hydrogen-bond acceptors (Lipinski definition) is 8. The molecule has 128 valence electrons. The molecule has 1 heterocycles. The number of methoxy groups -OCH3 is 1. The van der Waals surface area contributed by atoms with Crippen molar-refractivity contribution < 1.29 is 39.4 Å². The first-order chi connectivity index (χ1) is 9.92. The Bertz CT molecular complexity index is 226. The van der Waals surface area contributed by atoms with Gasteiger partial charge in [0.25, 0.3) is 0 Å². The summed E-state index contributed by atoms with van der Waals surface area (Å²) in [5, 5.41) is 36.6. The monoisotopic (exact) mass is 312 g/mol. The maximum absolute atomic E-state index is 9.28. The molecule has 0 bridgehead atoms. The lowest BCUT2D eigenvalue weighted by Crippen LogP contribution is -2.58. The maximum atomic E-state index is 9.28. The minimum atomic E-state index is -1.36. The van der Waals surface area contributed by atoms with Gasteiger partial charge in [-0.05, 0) is 20.8 Å². The Morgan fingerprint density at radius 2 is 1.52 bits per heavy atom. The van der Waals surface area contributed by atoms with Crippen LogP contribution in [0, 0.1) is 0 Å². The molecule has 4 N–H and O–H groups in total. The summed E-state index contributed by atoms with van der Waals surface area (Å²) in [6.07, 6.45) is -5.95. The Morgan fingerprint density at radius 1 is 1.00 bits per heavy atom. The Balaban J connectivity index is 0.000000433. The van der Waals surface area contributed by atoms with Crippen molar-refractivity contribution in [1.29, 1.82) is 0 Å². The fourth-order valence-electron chi connectivity index (χ4n) is 1.78. The van der Waals surface area contributed by atoms with Crippen molar-refractivity contribution >= 4 is 0 Å². The van der Waals surface area contributed by atoms with Crippen LogP contribution >= 0.6 is 0 Å². The molecule has 0 aliphatic carbocycles. The average Bonchev–Trinajstić information content (AvgIpc) is 2.46. The molecule has 0 aromatic carbocycles. The molecule has 1 unspecified atom stereocenters. The summed E-state index contributed by atoms with van der Waals surface area (Å²) in [5.74, 6) is 0. The quantitative estimate of drug-likeness (QED) is 0.454. The summed E-state index contributed by atoms with van der Waals surface area (Å²) in [6, 6.07) is 0. The van der Waals surface area contributed by atoms with Crippen LogP contribution in [0.1, 0.15) is 20.8 Å². The molecule has 8 heteroatoms. The van der Waals surface area contributed by atoms with E-state index in [2.05, 4.69) is 0 Å². The lowest BCUT2D eigenvalue weighted by Gasteiger charge is -2.38. The molecule has 0 saturated carbocycles. The fourth-order valence-corrected chi connectivity index (χ4v) is 1.78. The third kappa shape index (κ3) is 6.98. The zero-order chi connectivity index (χ0) is 16.4. The highest BCUT2D eigenvalue weighted by Gasteiger charge is 2.43. The van der Waals surface area contributed by atoms with Crippen LogP contribution in [0.4, 0.5) is 0 Å². The second kappa shape index (κ2) is 11.3. The lowest BCUT2D eigenvalue weighted by atomic mass is 9.99. The smallest absolute Gasteiger partial charge is 0.186 e. The van der Waals surface area contributed by atoms with Gasteiger partial charge in [0.05, 0.1) is 6.61 Å². The highest BCUT2D eigenvalue weighted by atomic mass is 16.7. The maximum Gasteiger partial charge on any atom is 0.186 e. The zero-order valence-corrected chi connectivity index (χ0v) is 13.0. The van der Waals surface area contributed by atoms with Crippen LogP contribution in [0.2, 0.25) is 0 Å². The first-order valence-electron chi connectivity index (χ1n) is 6.99. The van der Waals surface area contributed by atoms with E-state index < -0.39 is 37.3 Å². The summed E-state index contributed by atoms with van der Waals surface area (Å²) in [6.45, 7) is 6.81. The van der Waals surface area contributed by atoms with Crippen molar-refractivity contribution in [3.05, 3.63) is 0 Å². The number of hydrogen-bond donors (Lipinski definition) is 4. The molecule has 1 saturated heterocycles. The minimum absolute atomic E-state index is 0.0370.